The van der Waals surface area contributed by atoms with Gasteiger partial charge in [-0.3, -0.25) is 9.59 Å². The van der Waals surface area contributed by atoms with Crippen molar-refractivity contribution < 1.29 is 14.0 Å². The Morgan fingerprint density at radius 3 is 2.45 bits per heavy atom. The smallest absolute Gasteiger partial charge is 0.255 e. The van der Waals surface area contributed by atoms with Gasteiger partial charge in [-0.1, -0.05) is 6.07 Å². The fourth-order valence-corrected chi connectivity index (χ4v) is 3.58. The van der Waals surface area contributed by atoms with Crippen LogP contribution in [0.1, 0.15) is 50.0 Å². The van der Waals surface area contributed by atoms with E-state index < -0.39 is 0 Å². The zero-order valence-electron chi connectivity index (χ0n) is 17.4. The van der Waals surface area contributed by atoms with Gasteiger partial charge in [0.2, 0.25) is 5.91 Å². The Balaban J connectivity index is 1.83. The summed E-state index contributed by atoms with van der Waals surface area (Å²) >= 11 is 0. The van der Waals surface area contributed by atoms with Crippen LogP contribution in [0.2, 0.25) is 0 Å². The van der Waals surface area contributed by atoms with Gasteiger partial charge in [0.05, 0.1) is 0 Å². The highest BCUT2D eigenvalue weighted by Crippen LogP contribution is 2.34. The van der Waals surface area contributed by atoms with Gasteiger partial charge in [0.25, 0.3) is 5.91 Å². The van der Waals surface area contributed by atoms with Crippen LogP contribution in [0.3, 0.4) is 0 Å². The summed E-state index contributed by atoms with van der Waals surface area (Å²) in [5.41, 5.74) is 2.81. The summed E-state index contributed by atoms with van der Waals surface area (Å²) in [5.74, 6) is -0.683. The molecule has 154 valence electrons. The van der Waals surface area contributed by atoms with Gasteiger partial charge in [0, 0.05) is 29.0 Å². The molecule has 0 spiro atoms. The number of carbonyl (C=O) groups excluding carboxylic acids is 2. The van der Waals surface area contributed by atoms with Gasteiger partial charge >= 0.3 is 0 Å². The van der Waals surface area contributed by atoms with Crippen LogP contribution in [-0.2, 0) is 11.2 Å². The summed E-state index contributed by atoms with van der Waals surface area (Å²) < 4.78 is 13.1. The number of halogens is 1. The summed E-state index contributed by atoms with van der Waals surface area (Å²) in [6.07, 6.45) is 1.71. The first-order valence-corrected chi connectivity index (χ1v) is 9.93. The SMILES string of the molecule is CC(C(=O)NC(C)(C)C)N1CCCc2c(NC(=O)c3ccc(F)cc3)cccc21. The predicted molar refractivity (Wildman–Crippen MR) is 114 cm³/mol. The number of hydrogen-bond donors (Lipinski definition) is 2. The van der Waals surface area contributed by atoms with Gasteiger partial charge in [0.1, 0.15) is 11.9 Å². The topological polar surface area (TPSA) is 61.4 Å². The quantitative estimate of drug-likeness (QED) is 0.815. The van der Waals surface area contributed by atoms with E-state index in [1.54, 1.807) is 0 Å². The number of nitrogens with zero attached hydrogens (tertiary/aromatic N) is 1. The Labute approximate surface area is 171 Å². The number of fused-ring (bicyclic) bond motifs is 1. The number of carbonyl (C=O) groups is 2. The lowest BCUT2D eigenvalue weighted by molar-refractivity contribution is -0.123. The fourth-order valence-electron chi connectivity index (χ4n) is 3.58. The highest BCUT2D eigenvalue weighted by molar-refractivity contribution is 6.05. The number of nitrogens with one attached hydrogen (secondary N) is 2. The molecule has 2 amide bonds. The average molecular weight is 397 g/mol. The molecule has 3 rings (SSSR count). The highest BCUT2D eigenvalue weighted by atomic mass is 19.1. The molecule has 2 aromatic carbocycles. The van der Waals surface area contributed by atoms with Crippen LogP contribution in [0.15, 0.2) is 42.5 Å². The molecule has 0 aliphatic carbocycles. The van der Waals surface area contributed by atoms with Crippen LogP contribution < -0.4 is 15.5 Å². The highest BCUT2D eigenvalue weighted by Gasteiger charge is 2.29. The zero-order chi connectivity index (χ0) is 21.2. The molecule has 0 bridgehead atoms. The van der Waals surface area contributed by atoms with E-state index in [4.69, 9.17) is 0 Å². The molecule has 0 saturated heterocycles. The summed E-state index contributed by atoms with van der Waals surface area (Å²) in [7, 11) is 0. The largest absolute Gasteiger partial charge is 0.359 e. The van der Waals surface area contributed by atoms with E-state index in [0.717, 1.165) is 36.3 Å². The Bertz CT molecular complexity index is 903. The normalized spacial score (nSPS) is 14.7. The molecule has 1 aliphatic rings. The van der Waals surface area contributed by atoms with Crippen molar-refractivity contribution in [2.45, 2.75) is 52.1 Å². The summed E-state index contributed by atoms with van der Waals surface area (Å²) in [6, 6.07) is 10.9. The number of benzene rings is 2. The molecular weight excluding hydrogens is 369 g/mol. The van der Waals surface area contributed by atoms with Crippen molar-refractivity contribution in [1.82, 2.24) is 5.32 Å². The van der Waals surface area contributed by atoms with Crippen LogP contribution in [0.5, 0.6) is 0 Å². The van der Waals surface area contributed by atoms with Crippen LogP contribution in [0.4, 0.5) is 15.8 Å². The van der Waals surface area contributed by atoms with Crippen molar-refractivity contribution in [1.29, 1.82) is 0 Å². The minimum Gasteiger partial charge on any atom is -0.359 e. The van der Waals surface area contributed by atoms with Gasteiger partial charge in [-0.25, -0.2) is 4.39 Å². The lowest BCUT2D eigenvalue weighted by Gasteiger charge is -2.37. The molecule has 2 aromatic rings. The molecule has 5 nitrogen and oxygen atoms in total. The molecule has 0 saturated carbocycles. The van der Waals surface area contributed by atoms with Crippen molar-refractivity contribution >= 4 is 23.2 Å². The van der Waals surface area contributed by atoms with Gasteiger partial charge in [-0.05, 0) is 82.5 Å². The first kappa shape index (κ1) is 20.8. The number of hydrogen-bond acceptors (Lipinski definition) is 3. The average Bonchev–Trinajstić information content (AvgIpc) is 2.66. The molecule has 1 atom stereocenters. The second-order valence-electron chi connectivity index (χ2n) is 8.48. The van der Waals surface area contributed by atoms with Crippen molar-refractivity contribution in [2.24, 2.45) is 0 Å². The molecule has 0 fully saturated rings. The van der Waals surface area contributed by atoms with Crippen molar-refractivity contribution in [3.8, 4) is 0 Å². The molecule has 1 heterocycles. The predicted octanol–water partition coefficient (Wildman–Crippen LogP) is 4.13. The standard InChI is InChI=1S/C23H28FN3O2/c1-15(21(28)26-23(2,3)4)27-14-6-7-18-19(8-5-9-20(18)27)25-22(29)16-10-12-17(24)13-11-16/h5,8-13,15H,6-7,14H2,1-4H3,(H,25,29)(H,26,28). The second kappa shape index (κ2) is 8.23. The maximum absolute atomic E-state index is 13.1. The van der Waals surface area contributed by atoms with E-state index in [2.05, 4.69) is 15.5 Å². The third kappa shape index (κ3) is 4.94. The van der Waals surface area contributed by atoms with Crippen molar-refractivity contribution in [2.75, 3.05) is 16.8 Å². The molecular formula is C23H28FN3O2. The summed E-state index contributed by atoms with van der Waals surface area (Å²) in [5, 5.41) is 5.98. The Morgan fingerprint density at radius 2 is 1.79 bits per heavy atom. The molecule has 0 radical (unpaired) electrons. The lowest BCUT2D eigenvalue weighted by Crippen LogP contribution is -2.52. The van der Waals surface area contributed by atoms with Gasteiger partial charge in [0.15, 0.2) is 0 Å². The first-order chi connectivity index (χ1) is 13.7. The third-order valence-electron chi connectivity index (χ3n) is 4.99. The van der Waals surface area contributed by atoms with E-state index >= 15 is 0 Å². The summed E-state index contributed by atoms with van der Waals surface area (Å²) in [4.78, 5) is 27.4. The molecule has 6 heteroatoms. The number of amides is 2. The number of rotatable bonds is 4. The third-order valence-corrected chi connectivity index (χ3v) is 4.99. The van der Waals surface area contributed by atoms with Crippen LogP contribution >= 0.6 is 0 Å². The molecule has 0 aromatic heterocycles. The van der Waals surface area contributed by atoms with E-state index in [1.165, 1.54) is 24.3 Å². The van der Waals surface area contributed by atoms with Crippen molar-refractivity contribution in [3.05, 3.63) is 59.4 Å². The van der Waals surface area contributed by atoms with E-state index in [0.29, 0.717) is 5.56 Å². The van der Waals surface area contributed by atoms with E-state index in [9.17, 15) is 14.0 Å². The Hall–Kier alpha value is -2.89. The van der Waals surface area contributed by atoms with E-state index in [1.807, 2.05) is 45.9 Å². The maximum atomic E-state index is 13.1. The first-order valence-electron chi connectivity index (χ1n) is 9.93. The van der Waals surface area contributed by atoms with Crippen LogP contribution in [-0.4, -0.2) is 29.9 Å². The van der Waals surface area contributed by atoms with Gasteiger partial charge in [-0.2, -0.15) is 0 Å². The van der Waals surface area contributed by atoms with Gasteiger partial charge < -0.3 is 15.5 Å². The minimum atomic E-state index is -0.378. The molecule has 1 unspecified atom stereocenters. The van der Waals surface area contributed by atoms with Crippen molar-refractivity contribution in [3.63, 3.8) is 0 Å². The lowest BCUT2D eigenvalue weighted by atomic mass is 9.97. The Kier molecular flexibility index (Phi) is 5.91. The van der Waals surface area contributed by atoms with E-state index in [-0.39, 0.29) is 29.2 Å². The minimum absolute atomic E-state index is 0.0221. The summed E-state index contributed by atoms with van der Waals surface area (Å²) in [6.45, 7) is 8.57. The number of anilines is 2. The zero-order valence-corrected chi connectivity index (χ0v) is 17.4. The molecule has 1 aliphatic heterocycles. The Morgan fingerprint density at radius 1 is 1.10 bits per heavy atom. The van der Waals surface area contributed by atoms with Crippen LogP contribution in [0, 0.1) is 5.82 Å². The molecule has 29 heavy (non-hydrogen) atoms. The molecule has 2 N–H and O–H groups in total. The maximum Gasteiger partial charge on any atom is 0.255 e. The van der Waals surface area contributed by atoms with Crippen LogP contribution in [0.25, 0.3) is 0 Å². The second-order valence-corrected chi connectivity index (χ2v) is 8.48. The monoisotopic (exact) mass is 397 g/mol. The van der Waals surface area contributed by atoms with Gasteiger partial charge in [-0.15, -0.1) is 0 Å². The fraction of sp³-hybridized carbons (Fsp3) is 0.391.